The van der Waals surface area contributed by atoms with Gasteiger partial charge in [-0.3, -0.25) is 29.6 Å². The molecule has 34 heavy (non-hydrogen) atoms. The van der Waals surface area contributed by atoms with Crippen LogP contribution in [0.3, 0.4) is 0 Å². The van der Waals surface area contributed by atoms with Crippen molar-refractivity contribution in [3.8, 4) is 11.5 Å². The van der Waals surface area contributed by atoms with Crippen molar-refractivity contribution >= 4 is 29.4 Å². The number of hydrogen-bond acceptors (Lipinski definition) is 7. The summed E-state index contributed by atoms with van der Waals surface area (Å²) < 4.78 is 15.4. The monoisotopic (exact) mass is 469 g/mol. The number of aryl methyl sites for hydroxylation is 2. The van der Waals surface area contributed by atoms with E-state index in [0.717, 1.165) is 16.1 Å². The third-order valence-corrected chi connectivity index (χ3v) is 5.31. The van der Waals surface area contributed by atoms with Crippen molar-refractivity contribution in [1.29, 1.82) is 0 Å². The second-order valence-electron chi connectivity index (χ2n) is 7.92. The zero-order valence-corrected chi connectivity index (χ0v) is 19.5. The lowest BCUT2D eigenvalue weighted by atomic mass is 10.1. The molecule has 0 bridgehead atoms. The summed E-state index contributed by atoms with van der Waals surface area (Å²) in [6.07, 6.45) is -0.140. The third-order valence-electron chi connectivity index (χ3n) is 5.31. The van der Waals surface area contributed by atoms with E-state index < -0.39 is 36.2 Å². The molecule has 1 aliphatic heterocycles. The van der Waals surface area contributed by atoms with Crippen LogP contribution in [0.25, 0.3) is 0 Å². The molecular formula is C24H27N3O7. The SMILES string of the molecule is COc1cc(OC)cc(C(=O)NN2C[C@H](C(=O)OCC(=O)Nc3ccc(C)cc3C)CC2=O)c1. The lowest BCUT2D eigenvalue weighted by molar-refractivity contribution is -0.151. The zero-order chi connectivity index (χ0) is 24.8. The molecule has 0 spiro atoms. The molecule has 0 unspecified atom stereocenters. The fraction of sp³-hybridized carbons (Fsp3) is 0.333. The molecule has 2 aromatic rings. The summed E-state index contributed by atoms with van der Waals surface area (Å²) >= 11 is 0. The molecule has 1 atom stereocenters. The Bertz CT molecular complexity index is 1090. The minimum atomic E-state index is -0.804. The van der Waals surface area contributed by atoms with Gasteiger partial charge in [-0.05, 0) is 37.6 Å². The van der Waals surface area contributed by atoms with Crippen molar-refractivity contribution in [3.63, 3.8) is 0 Å². The average Bonchev–Trinajstić information content (AvgIpc) is 3.18. The largest absolute Gasteiger partial charge is 0.497 e. The molecule has 10 nitrogen and oxygen atoms in total. The highest BCUT2D eigenvalue weighted by Gasteiger charge is 2.36. The van der Waals surface area contributed by atoms with Crippen molar-refractivity contribution in [2.45, 2.75) is 20.3 Å². The van der Waals surface area contributed by atoms with E-state index in [2.05, 4.69) is 10.7 Å². The first-order valence-electron chi connectivity index (χ1n) is 10.6. The van der Waals surface area contributed by atoms with Crippen molar-refractivity contribution in [2.24, 2.45) is 5.92 Å². The molecule has 0 aromatic heterocycles. The first-order chi connectivity index (χ1) is 16.2. The van der Waals surface area contributed by atoms with E-state index in [1.807, 2.05) is 26.0 Å². The van der Waals surface area contributed by atoms with Gasteiger partial charge in [0.2, 0.25) is 5.91 Å². The van der Waals surface area contributed by atoms with Crippen LogP contribution in [0.15, 0.2) is 36.4 Å². The standard InChI is InChI=1S/C24H27N3O7/c1-14-5-6-20(15(2)7-14)25-21(28)13-34-24(31)17-10-22(29)27(12-17)26-23(30)16-8-18(32-3)11-19(9-16)33-4/h5-9,11,17H,10,12-13H2,1-4H3,(H,25,28)(H,26,30)/t17-/m1/s1. The first kappa shape index (κ1) is 24.6. The molecule has 3 amide bonds. The number of hydrazine groups is 1. The summed E-state index contributed by atoms with van der Waals surface area (Å²) in [4.78, 5) is 49.5. The van der Waals surface area contributed by atoms with Crippen LogP contribution >= 0.6 is 0 Å². The Morgan fingerprint density at radius 2 is 1.71 bits per heavy atom. The number of benzene rings is 2. The van der Waals surface area contributed by atoms with Crippen LogP contribution in [-0.2, 0) is 19.1 Å². The number of carbonyl (C=O) groups is 4. The Balaban J connectivity index is 1.53. The highest BCUT2D eigenvalue weighted by Crippen LogP contribution is 2.23. The first-order valence-corrected chi connectivity index (χ1v) is 10.6. The van der Waals surface area contributed by atoms with Crippen molar-refractivity contribution < 1.29 is 33.4 Å². The molecule has 0 aliphatic carbocycles. The van der Waals surface area contributed by atoms with Gasteiger partial charge >= 0.3 is 5.97 Å². The molecule has 1 heterocycles. The normalized spacial score (nSPS) is 15.0. The van der Waals surface area contributed by atoms with Crippen LogP contribution < -0.4 is 20.2 Å². The van der Waals surface area contributed by atoms with Gasteiger partial charge in [0.05, 0.1) is 26.7 Å². The highest BCUT2D eigenvalue weighted by molar-refractivity contribution is 5.97. The average molecular weight is 469 g/mol. The summed E-state index contributed by atoms with van der Waals surface area (Å²) in [6.45, 7) is 3.27. The lowest BCUT2D eigenvalue weighted by Gasteiger charge is -2.18. The van der Waals surface area contributed by atoms with E-state index in [1.54, 1.807) is 12.1 Å². The third kappa shape index (κ3) is 6.03. The van der Waals surface area contributed by atoms with Gasteiger partial charge in [0.1, 0.15) is 11.5 Å². The van der Waals surface area contributed by atoms with Crippen LogP contribution in [-0.4, -0.2) is 56.1 Å². The molecule has 0 radical (unpaired) electrons. The van der Waals surface area contributed by atoms with E-state index in [-0.39, 0.29) is 18.5 Å². The molecule has 1 saturated heterocycles. The molecule has 10 heteroatoms. The minimum absolute atomic E-state index is 0.0663. The van der Waals surface area contributed by atoms with Crippen molar-refractivity contribution in [3.05, 3.63) is 53.1 Å². The molecule has 0 saturated carbocycles. The minimum Gasteiger partial charge on any atom is -0.497 e. The van der Waals surface area contributed by atoms with E-state index >= 15 is 0 Å². The smallest absolute Gasteiger partial charge is 0.311 e. The summed E-state index contributed by atoms with van der Waals surface area (Å²) in [7, 11) is 2.91. The van der Waals surface area contributed by atoms with Gasteiger partial charge in [-0.25, -0.2) is 0 Å². The Morgan fingerprint density at radius 3 is 2.32 bits per heavy atom. The van der Waals surface area contributed by atoms with E-state index in [4.69, 9.17) is 14.2 Å². The van der Waals surface area contributed by atoms with Gasteiger partial charge in [0.25, 0.3) is 11.8 Å². The Kier molecular flexibility index (Phi) is 7.72. The molecule has 3 rings (SSSR count). The quantitative estimate of drug-likeness (QED) is 0.567. The van der Waals surface area contributed by atoms with Crippen molar-refractivity contribution in [1.82, 2.24) is 10.4 Å². The maximum absolute atomic E-state index is 12.6. The number of ether oxygens (including phenoxy) is 3. The second-order valence-corrected chi connectivity index (χ2v) is 7.92. The van der Waals surface area contributed by atoms with Crippen molar-refractivity contribution in [2.75, 3.05) is 32.7 Å². The van der Waals surface area contributed by atoms with E-state index in [1.165, 1.54) is 26.4 Å². The molecule has 1 fully saturated rings. The number of rotatable bonds is 8. The fourth-order valence-corrected chi connectivity index (χ4v) is 3.49. The Morgan fingerprint density at radius 1 is 1.03 bits per heavy atom. The Hall–Kier alpha value is -4.08. The van der Waals surface area contributed by atoms with E-state index in [0.29, 0.717) is 17.2 Å². The van der Waals surface area contributed by atoms with Gasteiger partial charge in [0.15, 0.2) is 6.61 Å². The Labute approximate surface area is 197 Å². The fourth-order valence-electron chi connectivity index (χ4n) is 3.49. The number of anilines is 1. The number of nitrogens with zero attached hydrogens (tertiary/aromatic N) is 1. The van der Waals surface area contributed by atoms with Gasteiger partial charge < -0.3 is 19.5 Å². The number of amides is 3. The van der Waals surface area contributed by atoms with Crippen LogP contribution in [0.5, 0.6) is 11.5 Å². The predicted octanol–water partition coefficient (Wildman–Crippen LogP) is 2.00. The zero-order valence-electron chi connectivity index (χ0n) is 19.5. The number of carbonyl (C=O) groups excluding carboxylic acids is 4. The van der Waals surface area contributed by atoms with Crippen LogP contribution in [0.4, 0.5) is 5.69 Å². The molecule has 2 N–H and O–H groups in total. The molecule has 2 aromatic carbocycles. The highest BCUT2D eigenvalue weighted by atomic mass is 16.5. The maximum atomic E-state index is 12.6. The number of methoxy groups -OCH3 is 2. The second kappa shape index (κ2) is 10.7. The predicted molar refractivity (Wildman–Crippen MR) is 122 cm³/mol. The van der Waals surface area contributed by atoms with Gasteiger partial charge in [-0.1, -0.05) is 17.7 Å². The van der Waals surface area contributed by atoms with E-state index in [9.17, 15) is 19.2 Å². The van der Waals surface area contributed by atoms with Crippen LogP contribution in [0.1, 0.15) is 27.9 Å². The number of nitrogens with one attached hydrogen (secondary N) is 2. The molecule has 180 valence electrons. The van der Waals surface area contributed by atoms with Gasteiger partial charge in [-0.2, -0.15) is 0 Å². The summed E-state index contributed by atoms with van der Waals surface area (Å²) in [5.74, 6) is -2.15. The number of esters is 1. The number of hydrogen-bond donors (Lipinski definition) is 2. The lowest BCUT2D eigenvalue weighted by Crippen LogP contribution is -2.43. The maximum Gasteiger partial charge on any atom is 0.311 e. The molecular weight excluding hydrogens is 442 g/mol. The van der Waals surface area contributed by atoms with Crippen LogP contribution in [0.2, 0.25) is 0 Å². The topological polar surface area (TPSA) is 123 Å². The molecule has 1 aliphatic rings. The van der Waals surface area contributed by atoms with Crippen LogP contribution in [0, 0.1) is 19.8 Å². The summed E-state index contributed by atoms with van der Waals surface area (Å²) in [5.41, 5.74) is 5.29. The van der Waals surface area contributed by atoms with Gasteiger partial charge in [-0.15, -0.1) is 0 Å². The summed E-state index contributed by atoms with van der Waals surface area (Å²) in [5, 5.41) is 3.76. The van der Waals surface area contributed by atoms with Gasteiger partial charge in [0, 0.05) is 23.7 Å². The summed E-state index contributed by atoms with van der Waals surface area (Å²) in [6, 6.07) is 10.2.